The van der Waals surface area contributed by atoms with Gasteiger partial charge in [0.25, 0.3) is 5.91 Å². The second kappa shape index (κ2) is 6.86. The molecular weight excluding hydrogens is 334 g/mol. The maximum absolute atomic E-state index is 12.8. The largest absolute Gasteiger partial charge is 0.463 e. The van der Waals surface area contributed by atoms with Crippen LogP contribution in [0.3, 0.4) is 0 Å². The predicted octanol–water partition coefficient (Wildman–Crippen LogP) is 4.03. The Balaban J connectivity index is 1.55. The number of hydrazone groups is 1. The zero-order valence-electron chi connectivity index (χ0n) is 13.3. The average Bonchev–Trinajstić information content (AvgIpc) is 3.16. The van der Waals surface area contributed by atoms with Gasteiger partial charge in [0.15, 0.2) is 0 Å². The zero-order valence-corrected chi connectivity index (χ0v) is 14.1. The molecule has 0 radical (unpaired) electrons. The Morgan fingerprint density at radius 2 is 1.72 bits per heavy atom. The Morgan fingerprint density at radius 3 is 2.36 bits per heavy atom. The van der Waals surface area contributed by atoms with Gasteiger partial charge in [-0.15, -0.1) is 0 Å². The molecule has 0 bridgehead atoms. The van der Waals surface area contributed by atoms with Gasteiger partial charge in [-0.1, -0.05) is 36.0 Å². The summed E-state index contributed by atoms with van der Waals surface area (Å²) in [6, 6.07) is 19.4. The molecule has 1 aliphatic heterocycles. The first-order valence-corrected chi connectivity index (χ1v) is 8.63. The Bertz CT molecular complexity index is 876. The lowest BCUT2D eigenvalue weighted by Crippen LogP contribution is -2.35. The number of rotatable bonds is 4. The monoisotopic (exact) mass is 349 g/mol. The fourth-order valence-electron chi connectivity index (χ4n) is 2.64. The van der Waals surface area contributed by atoms with Gasteiger partial charge in [0.2, 0.25) is 0 Å². The third kappa shape index (κ3) is 3.16. The number of nitrogens with one attached hydrogen (secondary N) is 1. The Labute approximate surface area is 149 Å². The van der Waals surface area contributed by atoms with Crippen LogP contribution in [0.15, 0.2) is 86.2 Å². The Hall–Kier alpha value is -2.99. The average molecular weight is 349 g/mol. The van der Waals surface area contributed by atoms with Crippen molar-refractivity contribution in [2.24, 2.45) is 5.10 Å². The summed E-state index contributed by atoms with van der Waals surface area (Å²) in [6.07, 6.45) is 3.12. The molecular formula is C19H15N3O2S. The minimum absolute atomic E-state index is 0.0724. The number of carbonyl (C=O) groups excluding carboxylic acids is 1. The van der Waals surface area contributed by atoms with Crippen LogP contribution in [-0.4, -0.2) is 18.7 Å². The molecule has 4 rings (SSSR count). The topological polar surface area (TPSA) is 57.8 Å². The normalized spacial score (nSPS) is 12.7. The first kappa shape index (κ1) is 15.5. The van der Waals surface area contributed by atoms with Gasteiger partial charge in [0, 0.05) is 9.79 Å². The molecule has 1 aliphatic rings. The molecule has 2 heterocycles. The van der Waals surface area contributed by atoms with Crippen molar-refractivity contribution in [2.45, 2.75) is 9.79 Å². The highest BCUT2D eigenvalue weighted by atomic mass is 32.2. The first-order valence-electron chi connectivity index (χ1n) is 7.81. The van der Waals surface area contributed by atoms with Gasteiger partial charge in [0.1, 0.15) is 12.3 Å². The fourth-order valence-corrected chi connectivity index (χ4v) is 3.70. The summed E-state index contributed by atoms with van der Waals surface area (Å²) < 4.78 is 5.16. The van der Waals surface area contributed by atoms with Gasteiger partial charge < -0.3 is 9.84 Å². The molecule has 0 unspecified atom stereocenters. The number of nitrogens with zero attached hydrogens (tertiary/aromatic N) is 2. The van der Waals surface area contributed by atoms with E-state index in [0.29, 0.717) is 5.76 Å². The molecule has 0 saturated heterocycles. The number of hydrogen-bond acceptors (Lipinski definition) is 5. The zero-order chi connectivity index (χ0) is 17.1. The van der Waals surface area contributed by atoms with Gasteiger partial charge in [0.05, 0.1) is 23.9 Å². The van der Waals surface area contributed by atoms with Crippen molar-refractivity contribution in [2.75, 3.05) is 11.4 Å². The SMILES string of the molecule is O=C(CNN=Cc1ccco1)N1c2ccccc2Sc2ccccc21. The molecule has 1 N–H and O–H groups in total. The lowest BCUT2D eigenvalue weighted by atomic mass is 10.2. The number of anilines is 2. The highest BCUT2D eigenvalue weighted by Crippen LogP contribution is 2.47. The van der Waals surface area contributed by atoms with E-state index in [-0.39, 0.29) is 12.5 Å². The standard InChI is InChI=1S/C19H15N3O2S/c23-19(13-21-20-12-14-6-5-11-24-14)22-15-7-1-3-9-17(15)25-18-10-4-2-8-16(18)22/h1-12,21H,13H2. The fraction of sp³-hybridized carbons (Fsp3) is 0.0526. The van der Waals surface area contributed by atoms with Crippen molar-refractivity contribution in [3.8, 4) is 0 Å². The van der Waals surface area contributed by atoms with Crippen molar-refractivity contribution >= 4 is 35.3 Å². The van der Waals surface area contributed by atoms with Gasteiger partial charge in [-0.2, -0.15) is 5.10 Å². The molecule has 1 aromatic heterocycles. The molecule has 2 aromatic carbocycles. The van der Waals surface area contributed by atoms with Crippen molar-refractivity contribution < 1.29 is 9.21 Å². The van der Waals surface area contributed by atoms with Crippen LogP contribution in [0.2, 0.25) is 0 Å². The van der Waals surface area contributed by atoms with Crippen LogP contribution in [0, 0.1) is 0 Å². The van der Waals surface area contributed by atoms with Crippen LogP contribution in [0.4, 0.5) is 11.4 Å². The number of amides is 1. The molecule has 25 heavy (non-hydrogen) atoms. The summed E-state index contributed by atoms with van der Waals surface area (Å²) in [5, 5.41) is 4.04. The molecule has 5 nitrogen and oxygen atoms in total. The number of benzene rings is 2. The summed E-state index contributed by atoms with van der Waals surface area (Å²) in [6.45, 7) is 0.0878. The first-order chi connectivity index (χ1) is 12.3. The lowest BCUT2D eigenvalue weighted by Gasteiger charge is -2.30. The van der Waals surface area contributed by atoms with Gasteiger partial charge in [-0.25, -0.2) is 0 Å². The van der Waals surface area contributed by atoms with Gasteiger partial charge >= 0.3 is 0 Å². The minimum atomic E-state index is -0.0724. The second-order valence-corrected chi connectivity index (χ2v) is 6.46. The third-order valence-electron chi connectivity index (χ3n) is 3.74. The minimum Gasteiger partial charge on any atom is -0.463 e. The molecule has 6 heteroatoms. The van der Waals surface area contributed by atoms with E-state index in [2.05, 4.69) is 10.5 Å². The second-order valence-electron chi connectivity index (χ2n) is 5.38. The Kier molecular flexibility index (Phi) is 4.26. The Morgan fingerprint density at radius 1 is 1.04 bits per heavy atom. The molecule has 124 valence electrons. The van der Waals surface area contributed by atoms with Crippen molar-refractivity contribution in [3.63, 3.8) is 0 Å². The molecule has 1 amide bonds. The van der Waals surface area contributed by atoms with Crippen LogP contribution < -0.4 is 10.3 Å². The van der Waals surface area contributed by atoms with Crippen LogP contribution in [0.1, 0.15) is 5.76 Å². The van der Waals surface area contributed by atoms with E-state index in [4.69, 9.17) is 4.42 Å². The van der Waals surface area contributed by atoms with E-state index in [9.17, 15) is 4.79 Å². The number of carbonyl (C=O) groups is 1. The van der Waals surface area contributed by atoms with Crippen molar-refractivity contribution in [3.05, 3.63) is 72.7 Å². The number of para-hydroxylation sites is 2. The smallest absolute Gasteiger partial charge is 0.252 e. The molecule has 0 saturated carbocycles. The summed E-state index contributed by atoms with van der Waals surface area (Å²) in [7, 11) is 0. The number of fused-ring (bicyclic) bond motifs is 2. The summed E-state index contributed by atoms with van der Waals surface area (Å²) in [5.74, 6) is 0.557. The van der Waals surface area contributed by atoms with Crippen LogP contribution in [0.25, 0.3) is 0 Å². The maximum atomic E-state index is 12.8. The van der Waals surface area contributed by atoms with E-state index < -0.39 is 0 Å². The summed E-state index contributed by atoms with van der Waals surface area (Å²) in [5.41, 5.74) is 4.59. The lowest BCUT2D eigenvalue weighted by molar-refractivity contribution is -0.117. The van der Waals surface area contributed by atoms with Crippen molar-refractivity contribution in [1.29, 1.82) is 0 Å². The number of furan rings is 1. The third-order valence-corrected chi connectivity index (χ3v) is 4.87. The van der Waals surface area contributed by atoms with E-state index in [1.165, 1.54) is 0 Å². The van der Waals surface area contributed by atoms with Crippen molar-refractivity contribution in [1.82, 2.24) is 5.43 Å². The van der Waals surface area contributed by atoms with Gasteiger partial charge in [-0.05, 0) is 36.4 Å². The summed E-state index contributed by atoms with van der Waals surface area (Å²) in [4.78, 5) is 16.7. The van der Waals surface area contributed by atoms with Gasteiger partial charge in [-0.3, -0.25) is 9.69 Å². The quantitative estimate of drug-likeness (QED) is 0.571. The van der Waals surface area contributed by atoms with E-state index in [1.807, 2.05) is 48.5 Å². The highest BCUT2D eigenvalue weighted by molar-refractivity contribution is 7.99. The predicted molar refractivity (Wildman–Crippen MR) is 98.5 cm³/mol. The van der Waals surface area contributed by atoms with E-state index >= 15 is 0 Å². The van der Waals surface area contributed by atoms with E-state index in [1.54, 1.807) is 41.3 Å². The molecule has 0 spiro atoms. The van der Waals surface area contributed by atoms with Crippen LogP contribution in [0.5, 0.6) is 0 Å². The number of hydrogen-bond donors (Lipinski definition) is 1. The van der Waals surface area contributed by atoms with Crippen LogP contribution >= 0.6 is 11.8 Å². The summed E-state index contributed by atoms with van der Waals surface area (Å²) >= 11 is 1.67. The molecule has 0 aliphatic carbocycles. The highest BCUT2D eigenvalue weighted by Gasteiger charge is 2.27. The molecule has 3 aromatic rings. The maximum Gasteiger partial charge on any atom is 0.252 e. The van der Waals surface area contributed by atoms with Crippen LogP contribution in [-0.2, 0) is 4.79 Å². The van der Waals surface area contributed by atoms with E-state index in [0.717, 1.165) is 21.2 Å². The molecule has 0 fully saturated rings. The molecule has 0 atom stereocenters.